The number of fused-ring (bicyclic) bond motifs is 6. The Kier molecular flexibility index (Phi) is 5.13. The maximum atomic E-state index is 14.4. The first kappa shape index (κ1) is 18.9. The summed E-state index contributed by atoms with van der Waals surface area (Å²) in [4.78, 5) is 15.9. The van der Waals surface area contributed by atoms with Gasteiger partial charge in [0.15, 0.2) is 16.7 Å². The third-order valence-electron chi connectivity index (χ3n) is 4.20. The van der Waals surface area contributed by atoms with E-state index in [1.54, 1.807) is 30.3 Å². The summed E-state index contributed by atoms with van der Waals surface area (Å²) in [6.45, 7) is 0.0486. The van der Waals surface area contributed by atoms with Gasteiger partial charge >= 0.3 is 5.97 Å². The van der Waals surface area contributed by atoms with Crippen LogP contribution >= 0.6 is 0 Å². The number of cyclic esters (lactones) is 1. The van der Waals surface area contributed by atoms with Gasteiger partial charge in [0, 0.05) is 5.56 Å². The second-order valence-corrected chi connectivity index (χ2v) is 7.26. The average molecular weight is 414 g/mol. The van der Waals surface area contributed by atoms with Crippen LogP contribution < -0.4 is 9.46 Å². The summed E-state index contributed by atoms with van der Waals surface area (Å²) in [5.41, 5.74) is 1.14. The Balaban J connectivity index is 1.82. The predicted octanol–water partition coefficient (Wildman–Crippen LogP) is 3.28. The first-order chi connectivity index (χ1) is 14.0. The fourth-order valence-corrected chi connectivity index (χ4v) is 3.73. The van der Waals surface area contributed by atoms with Gasteiger partial charge in [-0.1, -0.05) is 24.3 Å². The molecule has 0 saturated carbocycles. The van der Waals surface area contributed by atoms with Crippen LogP contribution in [0.1, 0.15) is 10.5 Å². The van der Waals surface area contributed by atoms with Crippen LogP contribution in [0.3, 0.4) is 0 Å². The minimum absolute atomic E-state index is 0.0363. The Morgan fingerprint density at radius 1 is 1.10 bits per heavy atom. The van der Waals surface area contributed by atoms with E-state index in [0.717, 1.165) is 12.3 Å². The number of halogens is 1. The van der Waals surface area contributed by atoms with Crippen molar-refractivity contribution in [2.45, 2.75) is 4.90 Å². The van der Waals surface area contributed by atoms with Crippen molar-refractivity contribution in [3.05, 3.63) is 66.2 Å². The fraction of sp³-hybridized carbons (Fsp3) is 0.100. The van der Waals surface area contributed by atoms with Gasteiger partial charge in [0.2, 0.25) is 0 Å². The quantitative estimate of drug-likeness (QED) is 0.548. The molecule has 0 amide bonds. The third kappa shape index (κ3) is 3.90. The fourth-order valence-electron chi connectivity index (χ4n) is 2.81. The van der Waals surface area contributed by atoms with Gasteiger partial charge in [0.1, 0.15) is 35.4 Å². The SMILES string of the molecule is O=C1OCCOc2ccccc2-c2ccc(F)c(c2)NS(=O)c2cc1ncc2O. The Bertz CT molecular complexity index is 1120. The van der Waals surface area contributed by atoms with Crippen LogP contribution in [0.25, 0.3) is 11.1 Å². The molecular weight excluding hydrogens is 399 g/mol. The molecule has 1 aliphatic rings. The van der Waals surface area contributed by atoms with Gasteiger partial charge in [0.05, 0.1) is 11.9 Å². The first-order valence-electron chi connectivity index (χ1n) is 8.59. The van der Waals surface area contributed by atoms with E-state index in [1.807, 2.05) is 0 Å². The number of aromatic nitrogens is 1. The standard InChI is InChI=1S/C20H15FN2O5S/c21-14-6-5-12-9-15(14)23-29(26)19-10-16(22-11-17(19)24)20(25)28-8-7-27-18-4-2-1-3-13(12)18/h1-6,9-11,23-24H,7-8H2. The molecule has 0 saturated heterocycles. The zero-order chi connectivity index (χ0) is 20.4. The van der Waals surface area contributed by atoms with E-state index in [1.165, 1.54) is 12.1 Å². The molecule has 148 valence electrons. The van der Waals surface area contributed by atoms with E-state index < -0.39 is 28.5 Å². The van der Waals surface area contributed by atoms with Crippen LogP contribution in [0.4, 0.5) is 10.1 Å². The molecule has 1 aromatic heterocycles. The molecule has 1 aliphatic heterocycles. The Morgan fingerprint density at radius 2 is 1.90 bits per heavy atom. The van der Waals surface area contributed by atoms with Crippen molar-refractivity contribution < 1.29 is 28.0 Å². The molecule has 4 bridgehead atoms. The highest BCUT2D eigenvalue weighted by Gasteiger charge is 2.19. The van der Waals surface area contributed by atoms with Gasteiger partial charge in [-0.15, -0.1) is 0 Å². The van der Waals surface area contributed by atoms with E-state index in [0.29, 0.717) is 16.9 Å². The monoisotopic (exact) mass is 414 g/mol. The summed E-state index contributed by atoms with van der Waals surface area (Å²) in [6, 6.07) is 12.6. The number of rotatable bonds is 0. The Hall–Kier alpha value is -3.46. The molecule has 3 aromatic rings. The number of para-hydroxylation sites is 1. The van der Waals surface area contributed by atoms with Gasteiger partial charge in [-0.05, 0) is 29.8 Å². The van der Waals surface area contributed by atoms with E-state index in [2.05, 4.69) is 9.71 Å². The highest BCUT2D eigenvalue weighted by Crippen LogP contribution is 2.33. The number of carbonyl (C=O) groups is 1. The molecule has 4 rings (SSSR count). The highest BCUT2D eigenvalue weighted by molar-refractivity contribution is 7.86. The van der Waals surface area contributed by atoms with Crippen molar-refractivity contribution in [1.29, 1.82) is 0 Å². The van der Waals surface area contributed by atoms with Crippen LogP contribution in [-0.4, -0.2) is 33.5 Å². The van der Waals surface area contributed by atoms with Crippen molar-refractivity contribution in [2.24, 2.45) is 0 Å². The summed E-state index contributed by atoms with van der Waals surface area (Å²) in [6.07, 6.45) is 0.989. The smallest absolute Gasteiger partial charge is 0.357 e. The molecule has 2 aromatic carbocycles. The highest BCUT2D eigenvalue weighted by atomic mass is 32.2. The number of ether oxygens (including phenoxy) is 2. The molecule has 0 spiro atoms. The number of pyridine rings is 1. The van der Waals surface area contributed by atoms with E-state index in [4.69, 9.17) is 9.47 Å². The Morgan fingerprint density at radius 3 is 2.76 bits per heavy atom. The number of anilines is 1. The van der Waals surface area contributed by atoms with Crippen LogP contribution in [0.2, 0.25) is 0 Å². The van der Waals surface area contributed by atoms with Gasteiger partial charge in [-0.2, -0.15) is 0 Å². The zero-order valence-corrected chi connectivity index (χ0v) is 15.7. The molecule has 0 aliphatic carbocycles. The maximum Gasteiger partial charge on any atom is 0.357 e. The molecule has 29 heavy (non-hydrogen) atoms. The van der Waals surface area contributed by atoms with Crippen LogP contribution in [0, 0.1) is 5.82 Å². The van der Waals surface area contributed by atoms with Gasteiger partial charge in [-0.25, -0.2) is 18.4 Å². The Labute approximate surface area is 167 Å². The van der Waals surface area contributed by atoms with Crippen molar-refractivity contribution >= 4 is 22.6 Å². The van der Waals surface area contributed by atoms with Crippen molar-refractivity contribution in [2.75, 3.05) is 17.9 Å². The zero-order valence-electron chi connectivity index (χ0n) is 14.9. The molecule has 1 atom stereocenters. The molecule has 0 fully saturated rings. The van der Waals surface area contributed by atoms with Gasteiger partial charge in [-0.3, -0.25) is 4.72 Å². The van der Waals surface area contributed by atoms with Gasteiger partial charge < -0.3 is 14.6 Å². The van der Waals surface area contributed by atoms with Crippen molar-refractivity contribution in [3.8, 4) is 22.6 Å². The lowest BCUT2D eigenvalue weighted by Gasteiger charge is -2.13. The number of esters is 1. The van der Waals surface area contributed by atoms with Crippen molar-refractivity contribution in [1.82, 2.24) is 4.98 Å². The lowest BCUT2D eigenvalue weighted by molar-refractivity contribution is 0.0443. The van der Waals surface area contributed by atoms with Crippen LogP contribution in [0.15, 0.2) is 59.6 Å². The number of benzene rings is 2. The molecule has 0 radical (unpaired) electrons. The first-order valence-corrected chi connectivity index (χ1v) is 9.74. The van der Waals surface area contributed by atoms with Crippen LogP contribution in [0.5, 0.6) is 11.5 Å². The number of nitrogens with one attached hydrogen (secondary N) is 1. The molecule has 9 heteroatoms. The third-order valence-corrected chi connectivity index (χ3v) is 5.33. The molecule has 1 unspecified atom stereocenters. The summed E-state index contributed by atoms with van der Waals surface area (Å²) in [5.74, 6) is -1.27. The number of nitrogens with zero attached hydrogens (tertiary/aromatic N) is 1. The van der Waals surface area contributed by atoms with E-state index >= 15 is 0 Å². The summed E-state index contributed by atoms with van der Waals surface area (Å²) < 4.78 is 40.4. The van der Waals surface area contributed by atoms with Crippen molar-refractivity contribution in [3.63, 3.8) is 0 Å². The maximum absolute atomic E-state index is 14.4. The number of hydrogen-bond acceptors (Lipinski definition) is 6. The summed E-state index contributed by atoms with van der Waals surface area (Å²) in [5, 5.41) is 9.99. The van der Waals surface area contributed by atoms with Gasteiger partial charge in [0.25, 0.3) is 0 Å². The average Bonchev–Trinajstić information content (AvgIpc) is 2.73. The van der Waals surface area contributed by atoms with E-state index in [9.17, 15) is 18.5 Å². The lowest BCUT2D eigenvalue weighted by atomic mass is 10.0. The molecular formula is C20H15FN2O5S. The normalized spacial score (nSPS) is 16.3. The number of carbonyl (C=O) groups excluding carboxylic acids is 1. The lowest BCUT2D eigenvalue weighted by Crippen LogP contribution is -2.14. The minimum atomic E-state index is -2.06. The molecule has 7 nitrogen and oxygen atoms in total. The molecule has 2 N–H and O–H groups in total. The predicted molar refractivity (Wildman–Crippen MR) is 104 cm³/mol. The minimum Gasteiger partial charge on any atom is -0.505 e. The second-order valence-electron chi connectivity index (χ2n) is 6.08. The molecule has 2 heterocycles. The number of aromatic hydroxyl groups is 1. The number of hydrogen-bond donors (Lipinski definition) is 2. The largest absolute Gasteiger partial charge is 0.505 e. The second kappa shape index (κ2) is 7.88. The topological polar surface area (TPSA) is 97.8 Å². The van der Waals surface area contributed by atoms with E-state index in [-0.39, 0.29) is 29.5 Å². The summed E-state index contributed by atoms with van der Waals surface area (Å²) >= 11 is 0. The van der Waals surface area contributed by atoms with Crippen LogP contribution in [-0.2, 0) is 15.7 Å². The summed E-state index contributed by atoms with van der Waals surface area (Å²) in [7, 11) is -2.06.